The number of carbonyl (C=O) groups excluding carboxylic acids is 1. The van der Waals surface area contributed by atoms with Crippen LogP contribution in [-0.4, -0.2) is 45.6 Å². The summed E-state index contributed by atoms with van der Waals surface area (Å²) in [5.74, 6) is 0.577. The van der Waals surface area contributed by atoms with Crippen LogP contribution in [-0.2, 0) is 0 Å². The van der Waals surface area contributed by atoms with Gasteiger partial charge < -0.3 is 14.7 Å². The Kier molecular flexibility index (Phi) is 4.26. The highest BCUT2D eigenvalue weighted by molar-refractivity contribution is 6.04. The number of methoxy groups -OCH3 is 1. The molecule has 0 bridgehead atoms. The number of rotatable bonds is 3. The first-order valence-corrected chi connectivity index (χ1v) is 8.50. The Bertz CT molecular complexity index is 954. The molecular weight excluding hydrogens is 330 g/mol. The Labute approximate surface area is 151 Å². The Morgan fingerprint density at radius 1 is 1.19 bits per heavy atom. The number of ether oxygens (including phenoxy) is 1. The summed E-state index contributed by atoms with van der Waals surface area (Å²) in [6.07, 6.45) is 3.12. The van der Waals surface area contributed by atoms with Gasteiger partial charge in [0.15, 0.2) is 0 Å². The van der Waals surface area contributed by atoms with E-state index in [1.807, 2.05) is 30.3 Å². The second-order valence-corrected chi connectivity index (χ2v) is 6.37. The van der Waals surface area contributed by atoms with Crippen molar-refractivity contribution in [3.8, 4) is 5.75 Å². The maximum atomic E-state index is 13.3. The van der Waals surface area contributed by atoms with Crippen molar-refractivity contribution in [1.29, 1.82) is 0 Å². The number of aliphatic hydroxyl groups excluding tert-OH is 1. The standard InChI is InChI=1S/C20H19N3O3/c1-26-15-5-2-4-13(10-15)18-11-14(24)12-23(18)20(25)16-6-3-7-17-19(16)22-9-8-21-17/h2-10,14,18,24H,11-12H2,1H3/t14-,18+/m1/s1. The van der Waals surface area contributed by atoms with Gasteiger partial charge in [0.1, 0.15) is 11.3 Å². The van der Waals surface area contributed by atoms with Gasteiger partial charge in [-0.15, -0.1) is 0 Å². The molecule has 2 atom stereocenters. The molecule has 0 aliphatic carbocycles. The van der Waals surface area contributed by atoms with Crippen LogP contribution in [0.1, 0.15) is 28.4 Å². The average Bonchev–Trinajstić information content (AvgIpc) is 3.09. The highest BCUT2D eigenvalue weighted by atomic mass is 16.5. The van der Waals surface area contributed by atoms with Gasteiger partial charge in [-0.1, -0.05) is 18.2 Å². The molecule has 6 nitrogen and oxygen atoms in total. The lowest BCUT2D eigenvalue weighted by Gasteiger charge is -2.25. The summed E-state index contributed by atoms with van der Waals surface area (Å²) in [5.41, 5.74) is 2.69. The molecule has 2 aromatic carbocycles. The van der Waals surface area contributed by atoms with E-state index in [2.05, 4.69) is 9.97 Å². The zero-order valence-electron chi connectivity index (χ0n) is 14.4. The third kappa shape index (κ3) is 2.88. The minimum absolute atomic E-state index is 0.152. The van der Waals surface area contributed by atoms with Crippen LogP contribution in [0, 0.1) is 0 Å². The summed E-state index contributed by atoms with van der Waals surface area (Å²) in [5, 5.41) is 10.2. The monoisotopic (exact) mass is 349 g/mol. The summed E-state index contributed by atoms with van der Waals surface area (Å²) in [7, 11) is 1.61. The lowest BCUT2D eigenvalue weighted by Crippen LogP contribution is -2.32. The molecule has 0 unspecified atom stereocenters. The van der Waals surface area contributed by atoms with Gasteiger partial charge in [0.2, 0.25) is 0 Å². The third-order valence-corrected chi connectivity index (χ3v) is 4.75. The predicted octanol–water partition coefficient (Wildman–Crippen LogP) is 2.59. The van der Waals surface area contributed by atoms with Crippen LogP contribution in [0.2, 0.25) is 0 Å². The highest BCUT2D eigenvalue weighted by Crippen LogP contribution is 2.35. The smallest absolute Gasteiger partial charge is 0.256 e. The molecule has 0 saturated carbocycles. The van der Waals surface area contributed by atoms with E-state index >= 15 is 0 Å². The summed E-state index contributed by atoms with van der Waals surface area (Å²) in [6.45, 7) is 0.289. The van der Waals surface area contributed by atoms with Gasteiger partial charge >= 0.3 is 0 Å². The van der Waals surface area contributed by atoms with Gasteiger partial charge in [-0.05, 0) is 36.2 Å². The highest BCUT2D eigenvalue weighted by Gasteiger charge is 2.36. The van der Waals surface area contributed by atoms with Crippen molar-refractivity contribution in [2.75, 3.05) is 13.7 Å². The van der Waals surface area contributed by atoms with Crippen molar-refractivity contribution in [3.63, 3.8) is 0 Å². The third-order valence-electron chi connectivity index (χ3n) is 4.75. The molecule has 1 fully saturated rings. The maximum Gasteiger partial charge on any atom is 0.256 e. The molecule has 2 heterocycles. The van der Waals surface area contributed by atoms with E-state index in [0.717, 1.165) is 11.3 Å². The number of amides is 1. The van der Waals surface area contributed by atoms with E-state index < -0.39 is 6.10 Å². The number of benzene rings is 2. The van der Waals surface area contributed by atoms with Crippen molar-refractivity contribution in [2.24, 2.45) is 0 Å². The zero-order chi connectivity index (χ0) is 18.1. The lowest BCUT2D eigenvalue weighted by atomic mass is 10.0. The van der Waals surface area contributed by atoms with Crippen LogP contribution in [0.5, 0.6) is 5.75 Å². The van der Waals surface area contributed by atoms with E-state index in [4.69, 9.17) is 4.74 Å². The van der Waals surface area contributed by atoms with Gasteiger partial charge in [-0.3, -0.25) is 14.8 Å². The predicted molar refractivity (Wildman–Crippen MR) is 96.9 cm³/mol. The van der Waals surface area contributed by atoms with Gasteiger partial charge in [0.05, 0.1) is 30.3 Å². The molecule has 0 radical (unpaired) electrons. The van der Waals surface area contributed by atoms with Crippen molar-refractivity contribution in [2.45, 2.75) is 18.6 Å². The first-order valence-electron chi connectivity index (χ1n) is 8.50. The van der Waals surface area contributed by atoms with E-state index in [0.29, 0.717) is 23.0 Å². The van der Waals surface area contributed by atoms with E-state index in [1.165, 1.54) is 0 Å². The summed E-state index contributed by atoms with van der Waals surface area (Å²) in [6, 6.07) is 12.8. The van der Waals surface area contributed by atoms with Crippen molar-refractivity contribution < 1.29 is 14.6 Å². The first kappa shape index (κ1) is 16.5. The maximum absolute atomic E-state index is 13.3. The SMILES string of the molecule is COc1cccc([C@@H]2C[C@@H](O)CN2C(=O)c2cccc3nccnc23)c1. The Morgan fingerprint density at radius 2 is 2.00 bits per heavy atom. The van der Waals surface area contributed by atoms with Crippen LogP contribution in [0.3, 0.4) is 0 Å². The topological polar surface area (TPSA) is 75.6 Å². The van der Waals surface area contributed by atoms with Crippen molar-refractivity contribution >= 4 is 16.9 Å². The molecular formula is C20H19N3O3. The molecule has 1 saturated heterocycles. The number of likely N-dealkylation sites (tertiary alicyclic amines) is 1. The molecule has 3 aromatic rings. The van der Waals surface area contributed by atoms with Crippen LogP contribution < -0.4 is 4.74 Å². The van der Waals surface area contributed by atoms with Gasteiger partial charge in [-0.25, -0.2) is 0 Å². The number of aromatic nitrogens is 2. The van der Waals surface area contributed by atoms with Gasteiger partial charge in [-0.2, -0.15) is 0 Å². The Balaban J connectivity index is 1.73. The van der Waals surface area contributed by atoms with Crippen molar-refractivity contribution in [1.82, 2.24) is 14.9 Å². The first-order chi connectivity index (χ1) is 12.7. The second-order valence-electron chi connectivity index (χ2n) is 6.37. The molecule has 1 aliphatic rings. The molecule has 1 aliphatic heterocycles. The number of fused-ring (bicyclic) bond motifs is 1. The number of hydrogen-bond donors (Lipinski definition) is 1. The molecule has 1 amide bonds. The second kappa shape index (κ2) is 6.72. The van der Waals surface area contributed by atoms with Crippen molar-refractivity contribution in [3.05, 3.63) is 66.0 Å². The zero-order valence-corrected chi connectivity index (χ0v) is 14.4. The molecule has 6 heteroatoms. The van der Waals surface area contributed by atoms with Gasteiger partial charge in [0.25, 0.3) is 5.91 Å². The summed E-state index contributed by atoms with van der Waals surface area (Å²) in [4.78, 5) is 23.6. The molecule has 0 spiro atoms. The average molecular weight is 349 g/mol. The molecule has 132 valence electrons. The summed E-state index contributed by atoms with van der Waals surface area (Å²) < 4.78 is 5.30. The fourth-order valence-electron chi connectivity index (χ4n) is 3.52. The van der Waals surface area contributed by atoms with Crippen LogP contribution >= 0.6 is 0 Å². The van der Waals surface area contributed by atoms with Crippen LogP contribution in [0.4, 0.5) is 0 Å². The summed E-state index contributed by atoms with van der Waals surface area (Å²) >= 11 is 0. The normalized spacial score (nSPS) is 19.7. The Morgan fingerprint density at radius 3 is 2.85 bits per heavy atom. The fourth-order valence-corrected chi connectivity index (χ4v) is 3.52. The quantitative estimate of drug-likeness (QED) is 0.787. The Hall–Kier alpha value is -2.99. The number of para-hydroxylation sites is 1. The van der Waals surface area contributed by atoms with Crippen LogP contribution in [0.25, 0.3) is 11.0 Å². The number of nitrogens with zero attached hydrogens (tertiary/aromatic N) is 3. The number of aliphatic hydroxyl groups is 1. The molecule has 1 N–H and O–H groups in total. The number of hydrogen-bond acceptors (Lipinski definition) is 5. The van der Waals surface area contributed by atoms with E-state index in [9.17, 15) is 9.90 Å². The molecule has 1 aromatic heterocycles. The minimum Gasteiger partial charge on any atom is -0.497 e. The minimum atomic E-state index is -0.559. The van der Waals surface area contributed by atoms with Crippen LogP contribution in [0.15, 0.2) is 54.9 Å². The lowest BCUT2D eigenvalue weighted by molar-refractivity contribution is 0.0717. The van der Waals surface area contributed by atoms with E-state index in [-0.39, 0.29) is 18.5 Å². The fraction of sp³-hybridized carbons (Fsp3) is 0.250. The van der Waals surface area contributed by atoms with E-state index in [1.54, 1.807) is 36.5 Å². The molecule has 26 heavy (non-hydrogen) atoms. The molecule has 4 rings (SSSR count). The largest absolute Gasteiger partial charge is 0.497 e. The number of carbonyl (C=O) groups is 1. The van der Waals surface area contributed by atoms with Gasteiger partial charge in [0, 0.05) is 18.9 Å². The number of β-amino-alcohol motifs (C(OH)–C–C–N with tert-alkyl or cyclic N) is 1.